The zero-order valence-corrected chi connectivity index (χ0v) is 11.2. The van der Waals surface area contributed by atoms with E-state index in [0.29, 0.717) is 22.2 Å². The van der Waals surface area contributed by atoms with Crippen LogP contribution in [0.25, 0.3) is 16.6 Å². The van der Waals surface area contributed by atoms with Crippen LogP contribution in [0.4, 0.5) is 4.39 Å². The lowest BCUT2D eigenvalue weighted by Gasteiger charge is -2.07. The molecular formula is C17H10FNO3. The van der Waals surface area contributed by atoms with Crippen molar-refractivity contribution in [1.29, 1.82) is 0 Å². The number of phenols is 1. The SMILES string of the molecule is C#Cc1cn(-c2ccc(C(=O)O)c(O)c2)c2cc(F)ccc12. The van der Waals surface area contributed by atoms with Crippen molar-refractivity contribution in [3.05, 3.63) is 59.5 Å². The Morgan fingerprint density at radius 3 is 2.64 bits per heavy atom. The molecule has 3 rings (SSSR count). The van der Waals surface area contributed by atoms with Crippen molar-refractivity contribution in [2.24, 2.45) is 0 Å². The van der Waals surface area contributed by atoms with Gasteiger partial charge in [-0.05, 0) is 30.3 Å². The van der Waals surface area contributed by atoms with Gasteiger partial charge in [-0.1, -0.05) is 5.92 Å². The highest BCUT2D eigenvalue weighted by atomic mass is 19.1. The number of aromatic nitrogens is 1. The first-order valence-corrected chi connectivity index (χ1v) is 6.35. The number of nitrogens with zero attached hydrogens (tertiary/aromatic N) is 1. The van der Waals surface area contributed by atoms with Crippen molar-refractivity contribution in [1.82, 2.24) is 4.57 Å². The number of aromatic carboxylic acids is 1. The van der Waals surface area contributed by atoms with Crippen LogP contribution in [-0.2, 0) is 0 Å². The van der Waals surface area contributed by atoms with Gasteiger partial charge in [0.2, 0.25) is 0 Å². The van der Waals surface area contributed by atoms with Gasteiger partial charge in [-0.3, -0.25) is 0 Å². The van der Waals surface area contributed by atoms with Gasteiger partial charge in [0.15, 0.2) is 0 Å². The van der Waals surface area contributed by atoms with E-state index in [1.165, 1.54) is 30.3 Å². The third-order valence-electron chi connectivity index (χ3n) is 3.41. The van der Waals surface area contributed by atoms with Gasteiger partial charge in [0, 0.05) is 23.3 Å². The Kier molecular flexibility index (Phi) is 3.08. The number of aromatic hydroxyl groups is 1. The lowest BCUT2D eigenvalue weighted by Crippen LogP contribution is -1.99. The third kappa shape index (κ3) is 2.07. The minimum Gasteiger partial charge on any atom is -0.507 e. The Morgan fingerprint density at radius 2 is 2.00 bits per heavy atom. The van der Waals surface area contributed by atoms with Crippen LogP contribution < -0.4 is 0 Å². The highest BCUT2D eigenvalue weighted by Crippen LogP contribution is 2.28. The molecule has 4 nitrogen and oxygen atoms in total. The Morgan fingerprint density at radius 1 is 1.23 bits per heavy atom. The molecule has 0 bridgehead atoms. The number of carboxylic acids is 1. The van der Waals surface area contributed by atoms with E-state index >= 15 is 0 Å². The molecule has 3 aromatic rings. The van der Waals surface area contributed by atoms with Crippen molar-refractivity contribution in [3.63, 3.8) is 0 Å². The first-order valence-electron chi connectivity index (χ1n) is 6.35. The van der Waals surface area contributed by atoms with E-state index in [2.05, 4.69) is 5.92 Å². The third-order valence-corrected chi connectivity index (χ3v) is 3.41. The summed E-state index contributed by atoms with van der Waals surface area (Å²) in [5.74, 6) is 0.514. The normalized spacial score (nSPS) is 10.5. The number of hydrogen-bond donors (Lipinski definition) is 2. The first kappa shape index (κ1) is 13.7. The van der Waals surface area contributed by atoms with Gasteiger partial charge in [0.25, 0.3) is 0 Å². The summed E-state index contributed by atoms with van der Waals surface area (Å²) in [5.41, 5.74) is 1.40. The van der Waals surface area contributed by atoms with E-state index in [1.54, 1.807) is 16.8 Å². The molecule has 1 aromatic heterocycles. The van der Waals surface area contributed by atoms with E-state index in [1.807, 2.05) is 0 Å². The number of benzene rings is 2. The molecule has 0 aliphatic carbocycles. The smallest absolute Gasteiger partial charge is 0.339 e. The minimum atomic E-state index is -1.23. The van der Waals surface area contributed by atoms with Crippen molar-refractivity contribution in [2.45, 2.75) is 0 Å². The van der Waals surface area contributed by atoms with Gasteiger partial charge in [-0.15, -0.1) is 6.42 Å². The summed E-state index contributed by atoms with van der Waals surface area (Å²) >= 11 is 0. The molecular weight excluding hydrogens is 285 g/mol. The fraction of sp³-hybridized carbons (Fsp3) is 0. The van der Waals surface area contributed by atoms with Gasteiger partial charge < -0.3 is 14.8 Å². The van der Waals surface area contributed by atoms with Crippen LogP contribution in [0, 0.1) is 18.2 Å². The molecule has 0 aliphatic heterocycles. The fourth-order valence-corrected chi connectivity index (χ4v) is 2.38. The van der Waals surface area contributed by atoms with Crippen LogP contribution in [0.1, 0.15) is 15.9 Å². The predicted octanol–water partition coefficient (Wildman–Crippen LogP) is 3.15. The van der Waals surface area contributed by atoms with Crippen LogP contribution in [0.3, 0.4) is 0 Å². The molecule has 1 heterocycles. The summed E-state index contributed by atoms with van der Waals surface area (Å²) in [5, 5.41) is 19.4. The van der Waals surface area contributed by atoms with Crippen molar-refractivity contribution in [2.75, 3.05) is 0 Å². The standard InChI is InChI=1S/C17H10FNO3/c1-2-10-9-19(15-7-11(18)3-5-13(10)15)12-4-6-14(17(21)22)16(20)8-12/h1,3-9,20H,(H,21,22). The summed E-state index contributed by atoms with van der Waals surface area (Å²) in [7, 11) is 0. The van der Waals surface area contributed by atoms with Crippen molar-refractivity contribution in [3.8, 4) is 23.8 Å². The summed E-state index contributed by atoms with van der Waals surface area (Å²) in [4.78, 5) is 10.9. The fourth-order valence-electron chi connectivity index (χ4n) is 2.38. The maximum absolute atomic E-state index is 13.5. The van der Waals surface area contributed by atoms with E-state index in [-0.39, 0.29) is 11.3 Å². The van der Waals surface area contributed by atoms with Gasteiger partial charge in [-0.2, -0.15) is 0 Å². The molecule has 2 N–H and O–H groups in total. The second-order valence-electron chi connectivity index (χ2n) is 4.73. The molecule has 5 heteroatoms. The quantitative estimate of drug-likeness (QED) is 0.714. The van der Waals surface area contributed by atoms with Crippen LogP contribution >= 0.6 is 0 Å². The summed E-state index contributed by atoms with van der Waals surface area (Å²) in [6.45, 7) is 0. The highest BCUT2D eigenvalue weighted by Gasteiger charge is 2.13. The van der Waals surface area contributed by atoms with Crippen LogP contribution in [-0.4, -0.2) is 20.7 Å². The van der Waals surface area contributed by atoms with E-state index in [4.69, 9.17) is 11.5 Å². The van der Waals surface area contributed by atoms with Crippen LogP contribution in [0.2, 0.25) is 0 Å². The van der Waals surface area contributed by atoms with E-state index in [9.17, 15) is 14.3 Å². The average Bonchev–Trinajstić information content (AvgIpc) is 2.84. The maximum atomic E-state index is 13.5. The second-order valence-corrected chi connectivity index (χ2v) is 4.73. The Bertz CT molecular complexity index is 950. The molecule has 108 valence electrons. The first-order chi connectivity index (χ1) is 10.5. The number of terminal acetylenes is 1. The minimum absolute atomic E-state index is 0.205. The number of carboxylic acid groups (broad SMARTS) is 1. The van der Waals surface area contributed by atoms with E-state index in [0.717, 1.165) is 0 Å². The number of rotatable bonds is 2. The summed E-state index contributed by atoms with van der Waals surface area (Å²) in [6.07, 6.45) is 7.09. The van der Waals surface area contributed by atoms with Crippen LogP contribution in [0.15, 0.2) is 42.6 Å². The molecule has 22 heavy (non-hydrogen) atoms. The van der Waals surface area contributed by atoms with Gasteiger partial charge in [-0.25, -0.2) is 9.18 Å². The predicted molar refractivity (Wildman–Crippen MR) is 79.8 cm³/mol. The largest absolute Gasteiger partial charge is 0.507 e. The topological polar surface area (TPSA) is 62.5 Å². The number of carbonyl (C=O) groups is 1. The van der Waals surface area contributed by atoms with Gasteiger partial charge >= 0.3 is 5.97 Å². The lowest BCUT2D eigenvalue weighted by molar-refractivity contribution is 0.0694. The molecule has 0 atom stereocenters. The number of fused-ring (bicyclic) bond motifs is 1. The second kappa shape index (κ2) is 4.93. The molecule has 0 unspecified atom stereocenters. The molecule has 0 radical (unpaired) electrons. The molecule has 0 fully saturated rings. The Hall–Kier alpha value is -3.26. The molecule has 0 saturated heterocycles. The van der Waals surface area contributed by atoms with Crippen molar-refractivity contribution >= 4 is 16.9 Å². The zero-order valence-electron chi connectivity index (χ0n) is 11.2. The molecule has 0 saturated carbocycles. The maximum Gasteiger partial charge on any atom is 0.339 e. The molecule has 0 aliphatic rings. The number of hydrogen-bond acceptors (Lipinski definition) is 2. The van der Waals surface area contributed by atoms with Crippen LogP contribution in [0.5, 0.6) is 5.75 Å². The average molecular weight is 295 g/mol. The Balaban J connectivity index is 2.27. The summed E-state index contributed by atoms with van der Waals surface area (Å²) in [6, 6.07) is 8.34. The van der Waals surface area contributed by atoms with E-state index < -0.39 is 11.8 Å². The Labute approximate surface area is 125 Å². The van der Waals surface area contributed by atoms with Gasteiger partial charge in [0.05, 0.1) is 11.1 Å². The lowest BCUT2D eigenvalue weighted by atomic mass is 10.1. The molecule has 0 spiro atoms. The van der Waals surface area contributed by atoms with Crippen molar-refractivity contribution < 1.29 is 19.4 Å². The van der Waals surface area contributed by atoms with Gasteiger partial charge in [0.1, 0.15) is 17.1 Å². The highest BCUT2D eigenvalue weighted by molar-refractivity contribution is 5.92. The molecule has 2 aromatic carbocycles. The molecule has 0 amide bonds. The zero-order chi connectivity index (χ0) is 15.9. The number of halogens is 1. The monoisotopic (exact) mass is 295 g/mol. The summed E-state index contributed by atoms with van der Waals surface area (Å²) < 4.78 is 15.1.